The average molecular weight is 447 g/mol. The molecule has 2 amide bonds. The minimum absolute atomic E-state index is 0.00199. The third-order valence-corrected chi connectivity index (χ3v) is 5.97. The molecule has 2 aromatic carbocycles. The Kier molecular flexibility index (Phi) is 6.48. The number of nitro groups is 1. The Hall–Kier alpha value is -4.01. The lowest BCUT2D eigenvalue weighted by molar-refractivity contribution is -0.384. The summed E-state index contributed by atoms with van der Waals surface area (Å²) in [6, 6.07) is 15.7. The highest BCUT2D eigenvalue weighted by atomic mass is 16.6. The summed E-state index contributed by atoms with van der Waals surface area (Å²) in [5, 5.41) is 18.4. The van der Waals surface area contributed by atoms with E-state index in [-0.39, 0.29) is 29.8 Å². The van der Waals surface area contributed by atoms with Crippen LogP contribution >= 0.6 is 0 Å². The number of aromatic nitrogens is 2. The van der Waals surface area contributed by atoms with E-state index >= 15 is 0 Å². The van der Waals surface area contributed by atoms with E-state index in [1.165, 1.54) is 12.1 Å². The van der Waals surface area contributed by atoms with Gasteiger partial charge in [-0.15, -0.1) is 0 Å². The number of hydrogen-bond acceptors (Lipinski definition) is 5. The molecule has 0 spiro atoms. The Morgan fingerprint density at radius 3 is 2.36 bits per heavy atom. The molecule has 9 nitrogen and oxygen atoms in total. The molecule has 0 bridgehead atoms. The van der Waals surface area contributed by atoms with Gasteiger partial charge in [0, 0.05) is 55.5 Å². The van der Waals surface area contributed by atoms with Gasteiger partial charge in [-0.25, -0.2) is 4.68 Å². The van der Waals surface area contributed by atoms with E-state index in [1.807, 2.05) is 36.5 Å². The molecular formula is C24H25N5O4. The number of nitrogens with one attached hydrogen (secondary N) is 1. The molecule has 2 heterocycles. The molecule has 9 heteroatoms. The number of nitrogens with zero attached hydrogens (tertiary/aromatic N) is 4. The third-order valence-electron chi connectivity index (χ3n) is 5.97. The number of hydrogen-bond donors (Lipinski definition) is 1. The van der Waals surface area contributed by atoms with Crippen molar-refractivity contribution >= 4 is 17.5 Å². The van der Waals surface area contributed by atoms with Gasteiger partial charge in [0.25, 0.3) is 5.69 Å². The summed E-state index contributed by atoms with van der Waals surface area (Å²) in [6.45, 7) is 1.08. The van der Waals surface area contributed by atoms with Crippen molar-refractivity contribution in [3.05, 3.63) is 76.5 Å². The van der Waals surface area contributed by atoms with Crippen LogP contribution in [0.5, 0.6) is 0 Å². The number of piperidine rings is 1. The number of nitro benzene ring substituents is 1. The number of carbonyl (C=O) groups is 2. The van der Waals surface area contributed by atoms with Crippen molar-refractivity contribution in [2.45, 2.75) is 19.3 Å². The van der Waals surface area contributed by atoms with Crippen molar-refractivity contribution in [3.63, 3.8) is 0 Å². The molecule has 0 saturated carbocycles. The first-order valence-electron chi connectivity index (χ1n) is 10.8. The Balaban J connectivity index is 1.58. The highest BCUT2D eigenvalue weighted by molar-refractivity contribution is 5.82. The molecule has 0 atom stereocenters. The van der Waals surface area contributed by atoms with Crippen molar-refractivity contribution in [1.29, 1.82) is 0 Å². The van der Waals surface area contributed by atoms with Crippen molar-refractivity contribution in [1.82, 2.24) is 20.0 Å². The second-order valence-electron chi connectivity index (χ2n) is 8.03. The standard InChI is InChI=1S/C24H25N5O4/c1-25-24(31)18-11-13-27(14-12-18)22(30)15-19-16-28(20-5-3-2-4-6-20)26-23(19)17-7-9-21(10-8-17)29(32)33/h2-10,16,18H,11-15H2,1H3,(H,25,31). The van der Waals surface area contributed by atoms with E-state index in [4.69, 9.17) is 5.10 Å². The van der Waals surface area contributed by atoms with Gasteiger partial charge in [0.1, 0.15) is 0 Å². The zero-order chi connectivity index (χ0) is 23.4. The summed E-state index contributed by atoms with van der Waals surface area (Å²) in [7, 11) is 1.63. The normalized spacial score (nSPS) is 14.2. The van der Waals surface area contributed by atoms with Gasteiger partial charge in [-0.2, -0.15) is 5.10 Å². The third kappa shape index (κ3) is 4.92. The Morgan fingerprint density at radius 1 is 1.09 bits per heavy atom. The molecule has 1 saturated heterocycles. The SMILES string of the molecule is CNC(=O)C1CCN(C(=O)Cc2cn(-c3ccccc3)nc2-c2ccc([N+](=O)[O-])cc2)CC1. The maximum atomic E-state index is 13.1. The van der Waals surface area contributed by atoms with Crippen molar-refractivity contribution in [3.8, 4) is 16.9 Å². The maximum Gasteiger partial charge on any atom is 0.269 e. The van der Waals surface area contributed by atoms with Gasteiger partial charge in [-0.3, -0.25) is 19.7 Å². The van der Waals surface area contributed by atoms with E-state index in [0.717, 1.165) is 11.3 Å². The number of non-ortho nitro benzene ring substituents is 1. The van der Waals surface area contributed by atoms with Gasteiger partial charge < -0.3 is 10.2 Å². The van der Waals surface area contributed by atoms with Crippen LogP contribution in [0.4, 0.5) is 5.69 Å². The second-order valence-corrected chi connectivity index (χ2v) is 8.03. The highest BCUT2D eigenvalue weighted by Gasteiger charge is 2.27. The first-order chi connectivity index (χ1) is 16.0. The van der Waals surface area contributed by atoms with Crippen LogP contribution in [0.3, 0.4) is 0 Å². The van der Waals surface area contributed by atoms with Crippen LogP contribution < -0.4 is 5.32 Å². The van der Waals surface area contributed by atoms with E-state index in [1.54, 1.807) is 28.8 Å². The quantitative estimate of drug-likeness (QED) is 0.461. The molecule has 1 aliphatic heterocycles. The van der Waals surface area contributed by atoms with Crippen LogP contribution in [-0.2, 0) is 16.0 Å². The minimum atomic E-state index is -0.445. The number of benzene rings is 2. The first-order valence-corrected chi connectivity index (χ1v) is 10.8. The van der Waals surface area contributed by atoms with Crippen LogP contribution in [0.1, 0.15) is 18.4 Å². The van der Waals surface area contributed by atoms with E-state index in [0.29, 0.717) is 37.2 Å². The molecule has 1 N–H and O–H groups in total. The van der Waals surface area contributed by atoms with Crippen LogP contribution in [-0.4, -0.2) is 51.6 Å². The molecule has 1 aromatic heterocycles. The first kappa shape index (κ1) is 22.2. The van der Waals surface area contributed by atoms with E-state index in [9.17, 15) is 19.7 Å². The molecule has 1 aliphatic rings. The molecule has 33 heavy (non-hydrogen) atoms. The zero-order valence-corrected chi connectivity index (χ0v) is 18.3. The number of likely N-dealkylation sites (tertiary alicyclic amines) is 1. The molecule has 4 rings (SSSR count). The number of carbonyl (C=O) groups excluding carboxylic acids is 2. The molecular weight excluding hydrogens is 422 g/mol. The molecule has 0 unspecified atom stereocenters. The summed E-state index contributed by atoms with van der Waals surface area (Å²) >= 11 is 0. The van der Waals surface area contributed by atoms with E-state index in [2.05, 4.69) is 5.32 Å². The topological polar surface area (TPSA) is 110 Å². The predicted octanol–water partition coefficient (Wildman–Crippen LogP) is 2.97. The van der Waals surface area contributed by atoms with E-state index < -0.39 is 4.92 Å². The van der Waals surface area contributed by atoms with Gasteiger partial charge in [0.2, 0.25) is 11.8 Å². The summed E-state index contributed by atoms with van der Waals surface area (Å²) in [5.74, 6) is -0.0663. The van der Waals surface area contributed by atoms with Gasteiger partial charge >= 0.3 is 0 Å². The monoisotopic (exact) mass is 447 g/mol. The van der Waals surface area contributed by atoms with Crippen molar-refractivity contribution < 1.29 is 14.5 Å². The van der Waals surface area contributed by atoms with Crippen LogP contribution in [0.25, 0.3) is 16.9 Å². The Morgan fingerprint density at radius 2 is 1.76 bits per heavy atom. The summed E-state index contributed by atoms with van der Waals surface area (Å²) in [4.78, 5) is 37.3. The maximum absolute atomic E-state index is 13.1. The van der Waals surface area contributed by atoms with Gasteiger partial charge in [-0.05, 0) is 37.1 Å². The fourth-order valence-electron chi connectivity index (χ4n) is 4.11. The number of rotatable bonds is 6. The minimum Gasteiger partial charge on any atom is -0.359 e. The largest absolute Gasteiger partial charge is 0.359 e. The van der Waals surface area contributed by atoms with Crippen molar-refractivity contribution in [2.75, 3.05) is 20.1 Å². The lowest BCUT2D eigenvalue weighted by Gasteiger charge is -2.31. The number of para-hydroxylation sites is 1. The van der Waals surface area contributed by atoms with Gasteiger partial charge in [-0.1, -0.05) is 18.2 Å². The zero-order valence-electron chi connectivity index (χ0n) is 18.3. The fourth-order valence-corrected chi connectivity index (χ4v) is 4.11. The average Bonchev–Trinajstić information content (AvgIpc) is 3.28. The highest BCUT2D eigenvalue weighted by Crippen LogP contribution is 2.27. The molecule has 0 radical (unpaired) electrons. The summed E-state index contributed by atoms with van der Waals surface area (Å²) in [5.41, 5.74) is 2.91. The summed E-state index contributed by atoms with van der Waals surface area (Å²) in [6.07, 6.45) is 3.28. The second kappa shape index (κ2) is 9.64. The van der Waals surface area contributed by atoms with Crippen molar-refractivity contribution in [2.24, 2.45) is 5.92 Å². The smallest absolute Gasteiger partial charge is 0.269 e. The predicted molar refractivity (Wildman–Crippen MR) is 123 cm³/mol. The fraction of sp³-hybridized carbons (Fsp3) is 0.292. The Labute approximate surface area is 191 Å². The molecule has 1 fully saturated rings. The Bertz CT molecular complexity index is 1150. The summed E-state index contributed by atoms with van der Waals surface area (Å²) < 4.78 is 1.72. The van der Waals surface area contributed by atoms with Gasteiger partial charge in [0.05, 0.1) is 22.7 Å². The van der Waals surface area contributed by atoms with Gasteiger partial charge in [0.15, 0.2) is 0 Å². The van der Waals surface area contributed by atoms with Crippen LogP contribution in [0.15, 0.2) is 60.8 Å². The van der Waals surface area contributed by atoms with Crippen LogP contribution in [0.2, 0.25) is 0 Å². The number of amides is 2. The molecule has 3 aromatic rings. The molecule has 0 aliphatic carbocycles. The lowest BCUT2D eigenvalue weighted by Crippen LogP contribution is -2.43. The molecule has 170 valence electrons. The van der Waals surface area contributed by atoms with Crippen LogP contribution in [0, 0.1) is 16.0 Å². The lowest BCUT2D eigenvalue weighted by atomic mass is 9.95.